The number of aromatic carboxylic acids is 1. The second-order valence-corrected chi connectivity index (χ2v) is 3.08. The molecule has 17 heavy (non-hydrogen) atoms. The average Bonchev–Trinajstić information content (AvgIpc) is 2.26. The monoisotopic (exact) mass is 236 g/mol. The van der Waals surface area contributed by atoms with E-state index in [4.69, 9.17) is 16.4 Å². The number of carboxylic acids is 1. The van der Waals surface area contributed by atoms with Gasteiger partial charge in [0.2, 0.25) is 0 Å². The minimum Gasteiger partial charge on any atom is -0.478 e. The Kier molecular flexibility index (Phi) is 4.08. The third-order valence-electron chi connectivity index (χ3n) is 1.95. The zero-order valence-electron chi connectivity index (χ0n) is 8.67. The highest BCUT2D eigenvalue weighted by Gasteiger charge is 2.11. The lowest BCUT2D eigenvalue weighted by Crippen LogP contribution is -2.04. The predicted molar refractivity (Wildman–Crippen MR) is 60.8 cm³/mol. The van der Waals surface area contributed by atoms with Crippen LogP contribution in [0.1, 0.15) is 15.9 Å². The molecule has 0 saturated heterocycles. The van der Waals surface area contributed by atoms with E-state index in [-0.39, 0.29) is 23.4 Å². The van der Waals surface area contributed by atoms with E-state index < -0.39 is 11.8 Å². The molecular weight excluding hydrogens is 227 g/mol. The van der Waals surface area contributed by atoms with Gasteiger partial charge in [-0.1, -0.05) is 17.3 Å². The highest BCUT2D eigenvalue weighted by atomic mass is 19.1. The van der Waals surface area contributed by atoms with Crippen molar-refractivity contribution in [1.29, 1.82) is 0 Å². The fraction of sp³-hybridized carbons (Fsp3) is 0.100. The summed E-state index contributed by atoms with van der Waals surface area (Å²) in [5.41, 5.74) is 13.1. The standard InChI is InChI=1S/C10H9FN4O2/c11-8-5-9(12)7(10(16)17)4-6(8)2-1-3-14-15-13/h1-2,4-5H,3,12H2,(H,16,17). The van der Waals surface area contributed by atoms with Gasteiger partial charge in [0.1, 0.15) is 5.82 Å². The third kappa shape index (κ3) is 3.22. The first-order valence-corrected chi connectivity index (χ1v) is 4.56. The lowest BCUT2D eigenvalue weighted by Gasteiger charge is -2.03. The molecule has 6 nitrogen and oxygen atoms in total. The summed E-state index contributed by atoms with van der Waals surface area (Å²) in [5, 5.41) is 12.0. The van der Waals surface area contributed by atoms with Crippen LogP contribution in [0.5, 0.6) is 0 Å². The number of benzene rings is 1. The van der Waals surface area contributed by atoms with Crippen LogP contribution in [0, 0.1) is 5.82 Å². The third-order valence-corrected chi connectivity index (χ3v) is 1.95. The second kappa shape index (κ2) is 5.53. The molecule has 0 bridgehead atoms. The van der Waals surface area contributed by atoms with E-state index in [0.717, 1.165) is 12.1 Å². The van der Waals surface area contributed by atoms with Crippen molar-refractivity contribution in [2.45, 2.75) is 0 Å². The van der Waals surface area contributed by atoms with Crippen molar-refractivity contribution in [3.8, 4) is 0 Å². The SMILES string of the molecule is [N-]=[N+]=NCC=Cc1cc(C(=O)O)c(N)cc1F. The predicted octanol–water partition coefficient (Wildman–Crippen LogP) is 2.43. The van der Waals surface area contributed by atoms with E-state index in [1.165, 1.54) is 12.2 Å². The summed E-state index contributed by atoms with van der Waals surface area (Å²) < 4.78 is 13.4. The van der Waals surface area contributed by atoms with Gasteiger partial charge in [-0.3, -0.25) is 0 Å². The summed E-state index contributed by atoms with van der Waals surface area (Å²) in [6.07, 6.45) is 2.75. The van der Waals surface area contributed by atoms with E-state index in [1.807, 2.05) is 0 Å². The first kappa shape index (κ1) is 12.5. The maximum absolute atomic E-state index is 13.4. The Balaban J connectivity index is 3.07. The Morgan fingerprint density at radius 3 is 2.94 bits per heavy atom. The van der Waals surface area contributed by atoms with Crippen LogP contribution in [0.2, 0.25) is 0 Å². The molecule has 0 aliphatic rings. The molecule has 0 atom stereocenters. The van der Waals surface area contributed by atoms with Crippen LogP contribution < -0.4 is 5.73 Å². The molecule has 0 aliphatic heterocycles. The van der Waals surface area contributed by atoms with Gasteiger partial charge in [0.25, 0.3) is 0 Å². The van der Waals surface area contributed by atoms with Crippen molar-refractivity contribution in [3.63, 3.8) is 0 Å². The van der Waals surface area contributed by atoms with E-state index in [9.17, 15) is 9.18 Å². The molecule has 0 aromatic heterocycles. The van der Waals surface area contributed by atoms with Crippen LogP contribution >= 0.6 is 0 Å². The van der Waals surface area contributed by atoms with Gasteiger partial charge in [-0.2, -0.15) is 0 Å². The molecule has 0 saturated carbocycles. The van der Waals surface area contributed by atoms with Crippen molar-refractivity contribution in [2.24, 2.45) is 5.11 Å². The zero-order valence-corrected chi connectivity index (χ0v) is 8.67. The van der Waals surface area contributed by atoms with Crippen LogP contribution in [0.3, 0.4) is 0 Å². The lowest BCUT2D eigenvalue weighted by molar-refractivity contribution is 0.0698. The van der Waals surface area contributed by atoms with Crippen molar-refractivity contribution in [1.82, 2.24) is 0 Å². The molecule has 1 aromatic carbocycles. The van der Waals surface area contributed by atoms with E-state index in [2.05, 4.69) is 10.0 Å². The summed E-state index contributed by atoms with van der Waals surface area (Å²) in [4.78, 5) is 13.3. The summed E-state index contributed by atoms with van der Waals surface area (Å²) >= 11 is 0. The Labute approximate surface area is 95.8 Å². The molecule has 0 fully saturated rings. The quantitative estimate of drug-likeness (QED) is 0.362. The Hall–Kier alpha value is -2.53. The van der Waals surface area contributed by atoms with Crippen LogP contribution in [0.15, 0.2) is 23.3 Å². The van der Waals surface area contributed by atoms with Crippen LogP contribution in [0.25, 0.3) is 16.5 Å². The number of rotatable bonds is 4. The lowest BCUT2D eigenvalue weighted by atomic mass is 10.1. The Morgan fingerprint density at radius 2 is 2.35 bits per heavy atom. The molecule has 0 aliphatic carbocycles. The number of nitrogen functional groups attached to an aromatic ring is 1. The zero-order chi connectivity index (χ0) is 12.8. The number of carbonyl (C=O) groups is 1. The van der Waals surface area contributed by atoms with Crippen molar-refractivity contribution in [2.75, 3.05) is 12.3 Å². The summed E-state index contributed by atoms with van der Waals surface area (Å²) in [6, 6.07) is 2.07. The number of carboxylic acid groups (broad SMARTS) is 1. The summed E-state index contributed by atoms with van der Waals surface area (Å²) in [6.45, 7) is 0.0583. The van der Waals surface area contributed by atoms with Crippen LogP contribution in [-0.4, -0.2) is 17.6 Å². The molecule has 88 valence electrons. The van der Waals surface area contributed by atoms with E-state index >= 15 is 0 Å². The number of hydrogen-bond donors (Lipinski definition) is 2. The van der Waals surface area contributed by atoms with E-state index in [1.54, 1.807) is 0 Å². The average molecular weight is 236 g/mol. The first-order chi connectivity index (χ1) is 8.06. The fourth-order valence-electron chi connectivity index (χ4n) is 1.18. The van der Waals surface area contributed by atoms with Gasteiger partial charge in [0.05, 0.1) is 5.56 Å². The molecule has 0 unspecified atom stereocenters. The maximum atomic E-state index is 13.4. The smallest absolute Gasteiger partial charge is 0.337 e. The van der Waals surface area contributed by atoms with Crippen molar-refractivity contribution in [3.05, 3.63) is 45.6 Å². The molecular formula is C10H9FN4O2. The molecule has 0 heterocycles. The highest BCUT2D eigenvalue weighted by Crippen LogP contribution is 2.19. The molecule has 0 amide bonds. The Morgan fingerprint density at radius 1 is 1.65 bits per heavy atom. The number of nitrogens with zero attached hydrogens (tertiary/aromatic N) is 3. The topological polar surface area (TPSA) is 112 Å². The first-order valence-electron chi connectivity index (χ1n) is 4.56. The maximum Gasteiger partial charge on any atom is 0.337 e. The molecule has 0 spiro atoms. The molecule has 3 N–H and O–H groups in total. The number of azide groups is 1. The highest BCUT2D eigenvalue weighted by molar-refractivity contribution is 5.94. The van der Waals surface area contributed by atoms with Gasteiger partial charge in [-0.25, -0.2) is 9.18 Å². The van der Waals surface area contributed by atoms with Gasteiger partial charge >= 0.3 is 5.97 Å². The van der Waals surface area contributed by atoms with Gasteiger partial charge < -0.3 is 10.8 Å². The van der Waals surface area contributed by atoms with Gasteiger partial charge in [-0.05, 0) is 17.7 Å². The number of nitrogens with two attached hydrogens (primary N) is 1. The molecule has 1 aromatic rings. The van der Waals surface area contributed by atoms with Gasteiger partial charge in [-0.15, -0.1) is 0 Å². The largest absolute Gasteiger partial charge is 0.478 e. The minimum absolute atomic E-state index is 0.0583. The van der Waals surface area contributed by atoms with Crippen molar-refractivity contribution >= 4 is 17.7 Å². The summed E-state index contributed by atoms with van der Waals surface area (Å²) in [5.74, 6) is -1.86. The normalized spacial score (nSPS) is 10.2. The van der Waals surface area contributed by atoms with Gasteiger partial charge in [0, 0.05) is 22.7 Å². The second-order valence-electron chi connectivity index (χ2n) is 3.08. The number of halogens is 1. The van der Waals surface area contributed by atoms with Crippen LogP contribution in [-0.2, 0) is 0 Å². The van der Waals surface area contributed by atoms with E-state index in [0.29, 0.717) is 0 Å². The molecule has 0 radical (unpaired) electrons. The summed E-state index contributed by atoms with van der Waals surface area (Å²) in [7, 11) is 0. The fourth-order valence-corrected chi connectivity index (χ4v) is 1.18. The van der Waals surface area contributed by atoms with Crippen molar-refractivity contribution < 1.29 is 14.3 Å². The molecule has 1 rings (SSSR count). The minimum atomic E-state index is -1.23. The Bertz CT molecular complexity index is 521. The van der Waals surface area contributed by atoms with Crippen LogP contribution in [0.4, 0.5) is 10.1 Å². The van der Waals surface area contributed by atoms with Gasteiger partial charge in [0.15, 0.2) is 0 Å². The number of anilines is 1. The number of hydrogen-bond acceptors (Lipinski definition) is 3. The molecule has 7 heteroatoms.